The molecule has 0 radical (unpaired) electrons. The molecule has 2 heterocycles. The van der Waals surface area contributed by atoms with Crippen molar-refractivity contribution in [1.82, 2.24) is 10.6 Å². The first kappa shape index (κ1) is 15.5. The average molecular weight is 346 g/mol. The van der Waals surface area contributed by atoms with Gasteiger partial charge in [-0.05, 0) is 47.4 Å². The maximum absolute atomic E-state index is 11.7. The fraction of sp³-hybridized carbons (Fsp3) is 0.125. The molecule has 0 bridgehead atoms. The highest BCUT2D eigenvalue weighted by atomic mass is 32.1. The highest BCUT2D eigenvalue weighted by Crippen LogP contribution is 2.30. The van der Waals surface area contributed by atoms with Crippen molar-refractivity contribution in [3.63, 3.8) is 0 Å². The fourth-order valence-corrected chi connectivity index (χ4v) is 2.90. The Kier molecular flexibility index (Phi) is 4.59. The number of carbonyl (C=O) groups is 1. The summed E-state index contributed by atoms with van der Waals surface area (Å²) >= 11 is 6.55. The molecule has 1 amide bonds. The van der Waals surface area contributed by atoms with Crippen LogP contribution in [0.25, 0.3) is 6.08 Å². The van der Waals surface area contributed by atoms with Gasteiger partial charge in [0.15, 0.2) is 16.6 Å². The van der Waals surface area contributed by atoms with E-state index in [0.717, 1.165) is 10.4 Å². The zero-order valence-electron chi connectivity index (χ0n) is 12.3. The van der Waals surface area contributed by atoms with Gasteiger partial charge in [0.1, 0.15) is 12.3 Å². The number of nitrogens with one attached hydrogen (secondary N) is 2. The Morgan fingerprint density at radius 3 is 2.78 bits per heavy atom. The quantitative estimate of drug-likeness (QED) is 0.644. The summed E-state index contributed by atoms with van der Waals surface area (Å²) in [5.74, 6) is 1.02. The lowest BCUT2D eigenvalue weighted by Gasteiger charge is -2.10. The van der Waals surface area contributed by atoms with Crippen molar-refractivity contribution in [3.8, 4) is 11.5 Å². The van der Waals surface area contributed by atoms with Crippen LogP contribution in [0.15, 0.2) is 41.4 Å². The standard InChI is InChI=1S/C16H14N2O3S2/c1-20-14-8-10(7-12-15(19)18-16(22)17-12)4-5-13(14)21-9-11-3-2-6-23-11/h2-8H,9H2,1H3,(H2,17,18,19,22)/b12-7-. The van der Waals surface area contributed by atoms with E-state index < -0.39 is 0 Å². The molecule has 2 N–H and O–H groups in total. The van der Waals surface area contributed by atoms with Crippen molar-refractivity contribution in [2.75, 3.05) is 7.11 Å². The molecule has 0 aliphatic carbocycles. The summed E-state index contributed by atoms with van der Waals surface area (Å²) in [6, 6.07) is 9.50. The minimum atomic E-state index is -0.244. The average Bonchev–Trinajstić information content (AvgIpc) is 3.16. The maximum Gasteiger partial charge on any atom is 0.273 e. The summed E-state index contributed by atoms with van der Waals surface area (Å²) in [5, 5.41) is 7.65. The van der Waals surface area contributed by atoms with Crippen LogP contribution in [0.2, 0.25) is 0 Å². The zero-order chi connectivity index (χ0) is 16.2. The fourth-order valence-electron chi connectivity index (χ4n) is 2.09. The molecular formula is C16H14N2O3S2. The van der Waals surface area contributed by atoms with Crippen LogP contribution in [0, 0.1) is 0 Å². The van der Waals surface area contributed by atoms with E-state index in [2.05, 4.69) is 10.6 Å². The summed E-state index contributed by atoms with van der Waals surface area (Å²) in [5.41, 5.74) is 1.22. The number of ether oxygens (including phenoxy) is 2. The Hall–Kier alpha value is -2.38. The number of methoxy groups -OCH3 is 1. The molecule has 2 aromatic rings. The van der Waals surface area contributed by atoms with Gasteiger partial charge < -0.3 is 14.8 Å². The Labute approximate surface area is 142 Å². The molecule has 1 aromatic heterocycles. The van der Waals surface area contributed by atoms with Gasteiger partial charge in [-0.25, -0.2) is 0 Å². The van der Waals surface area contributed by atoms with Gasteiger partial charge in [0.2, 0.25) is 0 Å². The molecule has 118 valence electrons. The van der Waals surface area contributed by atoms with E-state index in [4.69, 9.17) is 21.7 Å². The van der Waals surface area contributed by atoms with Crippen LogP contribution in [0.1, 0.15) is 10.4 Å². The van der Waals surface area contributed by atoms with Gasteiger partial charge in [-0.3, -0.25) is 10.1 Å². The Morgan fingerprint density at radius 1 is 1.26 bits per heavy atom. The normalized spacial score (nSPS) is 15.4. The monoisotopic (exact) mass is 346 g/mol. The summed E-state index contributed by atoms with van der Waals surface area (Å²) in [6.45, 7) is 0.493. The lowest BCUT2D eigenvalue weighted by molar-refractivity contribution is -0.115. The van der Waals surface area contributed by atoms with Crippen LogP contribution < -0.4 is 20.1 Å². The van der Waals surface area contributed by atoms with Crippen LogP contribution in [0.4, 0.5) is 0 Å². The van der Waals surface area contributed by atoms with Crippen LogP contribution in [-0.2, 0) is 11.4 Å². The van der Waals surface area contributed by atoms with Gasteiger partial charge >= 0.3 is 0 Å². The molecule has 0 unspecified atom stereocenters. The van der Waals surface area contributed by atoms with Gasteiger partial charge in [0.25, 0.3) is 5.91 Å². The Balaban J connectivity index is 1.78. The maximum atomic E-state index is 11.7. The van der Waals surface area contributed by atoms with Gasteiger partial charge in [-0.1, -0.05) is 12.1 Å². The lowest BCUT2D eigenvalue weighted by atomic mass is 10.1. The second-order valence-electron chi connectivity index (χ2n) is 4.74. The summed E-state index contributed by atoms with van der Waals surface area (Å²) in [4.78, 5) is 12.8. The van der Waals surface area contributed by atoms with Gasteiger partial charge in [-0.15, -0.1) is 11.3 Å². The Bertz CT molecular complexity index is 770. The van der Waals surface area contributed by atoms with E-state index in [9.17, 15) is 4.79 Å². The molecule has 1 fully saturated rings. The molecule has 0 saturated carbocycles. The van der Waals surface area contributed by atoms with Crippen molar-refractivity contribution in [2.24, 2.45) is 0 Å². The van der Waals surface area contributed by atoms with Crippen LogP contribution >= 0.6 is 23.6 Å². The summed E-state index contributed by atoms with van der Waals surface area (Å²) in [7, 11) is 1.58. The second kappa shape index (κ2) is 6.80. The van der Waals surface area contributed by atoms with Crippen molar-refractivity contribution >= 4 is 40.7 Å². The summed E-state index contributed by atoms with van der Waals surface area (Å²) < 4.78 is 11.2. The van der Waals surface area contributed by atoms with Crippen LogP contribution in [0.5, 0.6) is 11.5 Å². The SMILES string of the molecule is COc1cc(/C=C2\NC(=S)NC2=O)ccc1OCc1cccs1. The minimum absolute atomic E-state index is 0.244. The number of amides is 1. The largest absolute Gasteiger partial charge is 0.493 e. The third-order valence-electron chi connectivity index (χ3n) is 3.17. The number of benzene rings is 1. The van der Waals surface area contributed by atoms with E-state index in [1.807, 2.05) is 35.7 Å². The van der Waals surface area contributed by atoms with Crippen LogP contribution in [0.3, 0.4) is 0 Å². The molecule has 1 aliphatic heterocycles. The predicted octanol–water partition coefficient (Wildman–Crippen LogP) is 2.68. The molecule has 5 nitrogen and oxygen atoms in total. The molecule has 23 heavy (non-hydrogen) atoms. The third kappa shape index (κ3) is 3.69. The van der Waals surface area contributed by atoms with E-state index in [1.54, 1.807) is 24.5 Å². The first-order valence-electron chi connectivity index (χ1n) is 6.83. The molecule has 0 atom stereocenters. The number of hydrogen-bond donors (Lipinski definition) is 2. The van der Waals surface area contributed by atoms with Gasteiger partial charge in [-0.2, -0.15) is 0 Å². The van der Waals surface area contributed by atoms with E-state index in [1.165, 1.54) is 0 Å². The van der Waals surface area contributed by atoms with E-state index in [0.29, 0.717) is 28.9 Å². The summed E-state index contributed by atoms with van der Waals surface area (Å²) in [6.07, 6.45) is 1.71. The Morgan fingerprint density at radius 2 is 2.13 bits per heavy atom. The molecule has 0 spiro atoms. The first-order chi connectivity index (χ1) is 11.2. The third-order valence-corrected chi connectivity index (χ3v) is 4.22. The molecule has 1 saturated heterocycles. The first-order valence-corrected chi connectivity index (χ1v) is 8.12. The minimum Gasteiger partial charge on any atom is -0.493 e. The van der Waals surface area contributed by atoms with Crippen molar-refractivity contribution in [2.45, 2.75) is 6.61 Å². The molecule has 1 aromatic carbocycles. The number of rotatable bonds is 5. The van der Waals surface area contributed by atoms with Crippen molar-refractivity contribution in [1.29, 1.82) is 0 Å². The predicted molar refractivity (Wildman–Crippen MR) is 93.5 cm³/mol. The van der Waals surface area contributed by atoms with Gasteiger partial charge in [0.05, 0.1) is 7.11 Å². The smallest absolute Gasteiger partial charge is 0.273 e. The highest BCUT2D eigenvalue weighted by Gasteiger charge is 2.20. The zero-order valence-corrected chi connectivity index (χ0v) is 13.9. The van der Waals surface area contributed by atoms with Crippen molar-refractivity contribution < 1.29 is 14.3 Å². The molecular weight excluding hydrogens is 332 g/mol. The van der Waals surface area contributed by atoms with E-state index in [-0.39, 0.29) is 5.91 Å². The van der Waals surface area contributed by atoms with Crippen LogP contribution in [-0.4, -0.2) is 18.1 Å². The number of thiocarbonyl (C=S) groups is 1. The number of thiophene rings is 1. The van der Waals surface area contributed by atoms with Crippen molar-refractivity contribution in [3.05, 3.63) is 51.8 Å². The molecule has 3 rings (SSSR count). The van der Waals surface area contributed by atoms with Gasteiger partial charge in [0, 0.05) is 4.88 Å². The highest BCUT2D eigenvalue weighted by molar-refractivity contribution is 7.80. The van der Waals surface area contributed by atoms with E-state index >= 15 is 0 Å². The number of carbonyl (C=O) groups excluding carboxylic acids is 1. The molecule has 1 aliphatic rings. The topological polar surface area (TPSA) is 59.6 Å². The second-order valence-corrected chi connectivity index (χ2v) is 6.19. The lowest BCUT2D eigenvalue weighted by Crippen LogP contribution is -2.21. The molecule has 7 heteroatoms. The number of hydrogen-bond acceptors (Lipinski definition) is 5.